The Morgan fingerprint density at radius 2 is 1.74 bits per heavy atom. The van der Waals surface area contributed by atoms with Gasteiger partial charge in [0.1, 0.15) is 24.1 Å². The van der Waals surface area contributed by atoms with Gasteiger partial charge in [0.25, 0.3) is 5.91 Å². The molecule has 3 aromatic rings. The number of benzene rings is 2. The van der Waals surface area contributed by atoms with Crippen molar-refractivity contribution in [3.05, 3.63) is 82.4 Å². The van der Waals surface area contributed by atoms with E-state index in [9.17, 15) is 31.9 Å². The average Bonchev–Trinajstić information content (AvgIpc) is 3.34. The van der Waals surface area contributed by atoms with E-state index in [1.165, 1.54) is 29.1 Å². The molecule has 1 atom stereocenters. The van der Waals surface area contributed by atoms with Crippen LogP contribution in [0.15, 0.2) is 54.7 Å². The molecular weight excluding hydrogens is 542 g/mol. The molecule has 3 amide bonds. The minimum Gasteiger partial charge on any atom is -0.339 e. The van der Waals surface area contributed by atoms with Crippen molar-refractivity contribution in [2.45, 2.75) is 38.5 Å². The Kier molecular flexibility index (Phi) is 9.68. The number of carbonyl (C=O) groups excluding carboxylic acids is 3. The number of halogens is 5. The highest BCUT2D eigenvalue weighted by Gasteiger charge is 2.31. The van der Waals surface area contributed by atoms with Crippen molar-refractivity contribution < 1.29 is 31.9 Å². The zero-order valence-corrected chi connectivity index (χ0v) is 21.8. The van der Waals surface area contributed by atoms with Crippen LogP contribution in [0.5, 0.6) is 0 Å². The summed E-state index contributed by atoms with van der Waals surface area (Å²) in [6, 6.07) is 10.5. The summed E-state index contributed by atoms with van der Waals surface area (Å²) in [7, 11) is 1.00. The number of likely N-dealkylation sites (N-methyl/N-ethyl adjacent to an activating group) is 1. The van der Waals surface area contributed by atoms with E-state index in [1.54, 1.807) is 31.2 Å². The molecule has 0 aliphatic rings. The van der Waals surface area contributed by atoms with Crippen molar-refractivity contribution in [3.63, 3.8) is 0 Å². The third-order valence-electron chi connectivity index (χ3n) is 5.71. The van der Waals surface area contributed by atoms with Crippen LogP contribution in [0.2, 0.25) is 5.02 Å². The van der Waals surface area contributed by atoms with E-state index in [0.29, 0.717) is 22.0 Å². The number of hydrogen-bond acceptors (Lipinski definition) is 4. The third-order valence-corrected chi connectivity index (χ3v) is 5.96. The lowest BCUT2D eigenvalue weighted by Gasteiger charge is -2.20. The number of nitrogens with one attached hydrogen (secondary N) is 2. The largest absolute Gasteiger partial charge is 0.406 e. The van der Waals surface area contributed by atoms with Gasteiger partial charge in [0, 0.05) is 31.2 Å². The van der Waals surface area contributed by atoms with E-state index in [0.717, 1.165) is 13.1 Å². The molecule has 0 spiro atoms. The Balaban J connectivity index is 1.75. The van der Waals surface area contributed by atoms with Gasteiger partial charge in [-0.15, -0.1) is 0 Å². The fraction of sp³-hybridized carbons (Fsp3) is 0.308. The third kappa shape index (κ3) is 8.54. The van der Waals surface area contributed by atoms with Gasteiger partial charge in [-0.3, -0.25) is 19.1 Å². The molecule has 2 aromatic carbocycles. The Hall–Kier alpha value is -3.93. The molecule has 208 valence electrons. The van der Waals surface area contributed by atoms with Crippen LogP contribution in [0.25, 0.3) is 0 Å². The summed E-state index contributed by atoms with van der Waals surface area (Å²) < 4.78 is 53.9. The summed E-state index contributed by atoms with van der Waals surface area (Å²) in [5.41, 5.74) is 0.820. The number of amides is 3. The Morgan fingerprint density at radius 3 is 2.36 bits per heavy atom. The molecule has 1 heterocycles. The van der Waals surface area contributed by atoms with Crippen LogP contribution < -0.4 is 10.6 Å². The molecule has 0 unspecified atom stereocenters. The zero-order chi connectivity index (χ0) is 28.7. The van der Waals surface area contributed by atoms with Crippen LogP contribution in [0.1, 0.15) is 28.5 Å². The van der Waals surface area contributed by atoms with Gasteiger partial charge in [-0.1, -0.05) is 29.8 Å². The van der Waals surface area contributed by atoms with Crippen molar-refractivity contribution in [1.29, 1.82) is 0 Å². The number of nitrogens with zero attached hydrogens (tertiary/aromatic N) is 3. The summed E-state index contributed by atoms with van der Waals surface area (Å²) in [5, 5.41) is 9.62. The molecule has 0 bridgehead atoms. The fourth-order valence-corrected chi connectivity index (χ4v) is 3.86. The molecule has 1 aromatic heterocycles. The Labute approximate surface area is 226 Å². The first-order valence-electron chi connectivity index (χ1n) is 11.8. The molecule has 0 saturated carbocycles. The highest BCUT2D eigenvalue weighted by molar-refractivity contribution is 6.30. The second kappa shape index (κ2) is 12.7. The average molecular weight is 568 g/mol. The Morgan fingerprint density at radius 1 is 1.08 bits per heavy atom. The number of aryl methyl sites for hydroxylation is 1. The van der Waals surface area contributed by atoms with Crippen LogP contribution in [-0.2, 0) is 29.0 Å². The lowest BCUT2D eigenvalue weighted by atomic mass is 10.0. The monoisotopic (exact) mass is 567 g/mol. The van der Waals surface area contributed by atoms with Gasteiger partial charge in [-0.2, -0.15) is 18.3 Å². The van der Waals surface area contributed by atoms with Crippen molar-refractivity contribution in [3.8, 4) is 0 Å². The van der Waals surface area contributed by atoms with Crippen LogP contribution >= 0.6 is 11.6 Å². The predicted molar refractivity (Wildman–Crippen MR) is 137 cm³/mol. The first-order valence-corrected chi connectivity index (χ1v) is 12.2. The van der Waals surface area contributed by atoms with Crippen molar-refractivity contribution in [2.24, 2.45) is 0 Å². The van der Waals surface area contributed by atoms with Crippen molar-refractivity contribution in [1.82, 2.24) is 20.0 Å². The summed E-state index contributed by atoms with van der Waals surface area (Å²) >= 11 is 5.94. The van der Waals surface area contributed by atoms with Gasteiger partial charge >= 0.3 is 6.18 Å². The quantitative estimate of drug-likeness (QED) is 0.358. The number of aromatic nitrogens is 2. The van der Waals surface area contributed by atoms with E-state index >= 15 is 0 Å². The van der Waals surface area contributed by atoms with E-state index in [-0.39, 0.29) is 23.4 Å². The lowest BCUT2D eigenvalue weighted by molar-refractivity contribution is -0.157. The van der Waals surface area contributed by atoms with Crippen molar-refractivity contribution in [2.75, 3.05) is 18.9 Å². The highest BCUT2D eigenvalue weighted by Crippen LogP contribution is 2.20. The number of carbonyl (C=O) groups is 3. The molecule has 39 heavy (non-hydrogen) atoms. The standard InChI is InChI=1S/C26H26ClF4N5O3/c1-3-36-22(10-11-32-36)25(39)34-21(13-16-4-7-18(27)8-5-16)24(38)33-20-9-6-17(12-19(20)28)14-23(37)35(2)15-26(29,30)31/h4-12,21H,3,13-15H2,1-2H3,(H,33,38)(H,34,39)/t21-/m0/s1. The second-order valence-corrected chi connectivity index (χ2v) is 9.17. The summed E-state index contributed by atoms with van der Waals surface area (Å²) in [5.74, 6) is -3.01. The van der Waals surface area contributed by atoms with E-state index in [2.05, 4.69) is 15.7 Å². The molecule has 0 aliphatic carbocycles. The fourth-order valence-electron chi connectivity index (χ4n) is 3.73. The minimum atomic E-state index is -4.56. The number of rotatable bonds is 10. The van der Waals surface area contributed by atoms with Crippen LogP contribution in [0.4, 0.5) is 23.2 Å². The second-order valence-electron chi connectivity index (χ2n) is 8.73. The Bertz CT molecular complexity index is 1330. The zero-order valence-electron chi connectivity index (χ0n) is 21.1. The number of alkyl halides is 3. The minimum absolute atomic E-state index is 0.0642. The van der Waals surface area contributed by atoms with Crippen LogP contribution in [0.3, 0.4) is 0 Å². The number of anilines is 1. The predicted octanol–water partition coefficient (Wildman–Crippen LogP) is 4.24. The maximum absolute atomic E-state index is 14.8. The number of hydrogen-bond donors (Lipinski definition) is 2. The van der Waals surface area contributed by atoms with E-state index in [4.69, 9.17) is 11.6 Å². The first-order chi connectivity index (χ1) is 18.4. The van der Waals surface area contributed by atoms with E-state index in [1.807, 2.05) is 0 Å². The molecule has 3 rings (SSSR count). The topological polar surface area (TPSA) is 96.3 Å². The van der Waals surface area contributed by atoms with Gasteiger partial charge in [0.15, 0.2) is 0 Å². The molecule has 8 nitrogen and oxygen atoms in total. The molecule has 2 N–H and O–H groups in total. The normalized spacial score (nSPS) is 12.1. The molecule has 0 aliphatic heterocycles. The van der Waals surface area contributed by atoms with Gasteiger partial charge in [-0.25, -0.2) is 4.39 Å². The molecule has 13 heteroatoms. The molecular formula is C26H26ClF4N5O3. The van der Waals surface area contributed by atoms with E-state index < -0.39 is 48.7 Å². The maximum atomic E-state index is 14.8. The highest BCUT2D eigenvalue weighted by atomic mass is 35.5. The summed E-state index contributed by atoms with van der Waals surface area (Å²) in [6.45, 7) is 0.800. The molecule has 0 fully saturated rings. The smallest absolute Gasteiger partial charge is 0.339 e. The molecule has 0 saturated heterocycles. The van der Waals surface area contributed by atoms with Crippen LogP contribution in [0, 0.1) is 5.82 Å². The van der Waals surface area contributed by atoms with Gasteiger partial charge < -0.3 is 15.5 Å². The van der Waals surface area contributed by atoms with Gasteiger partial charge in [0.05, 0.1) is 12.1 Å². The maximum Gasteiger partial charge on any atom is 0.406 e. The van der Waals surface area contributed by atoms with Crippen molar-refractivity contribution >= 4 is 35.0 Å². The summed E-state index contributed by atoms with van der Waals surface area (Å²) in [6.07, 6.45) is -3.50. The SMILES string of the molecule is CCn1nccc1C(=O)N[C@@H](Cc1ccc(Cl)cc1)C(=O)Nc1ccc(CC(=O)N(C)CC(F)(F)F)cc1F. The molecule has 0 radical (unpaired) electrons. The van der Waals surface area contributed by atoms with Gasteiger partial charge in [0.2, 0.25) is 11.8 Å². The van der Waals surface area contributed by atoms with Crippen LogP contribution in [-0.4, -0.2) is 58.2 Å². The summed E-state index contributed by atoms with van der Waals surface area (Å²) in [4.78, 5) is 38.6. The first kappa shape index (κ1) is 29.6. The lowest BCUT2D eigenvalue weighted by Crippen LogP contribution is -2.45. The van der Waals surface area contributed by atoms with Gasteiger partial charge in [-0.05, 0) is 48.4 Å².